The number of carbonyl (C=O) groups is 1. The zero-order valence-electron chi connectivity index (χ0n) is 16.8. The van der Waals surface area contributed by atoms with Crippen LogP contribution in [0.2, 0.25) is 0 Å². The molecule has 1 fully saturated rings. The minimum absolute atomic E-state index is 0.122. The van der Waals surface area contributed by atoms with E-state index in [-0.39, 0.29) is 11.7 Å². The van der Waals surface area contributed by atoms with E-state index in [1.165, 1.54) is 6.07 Å². The summed E-state index contributed by atoms with van der Waals surface area (Å²) in [5.41, 5.74) is 2.72. The molecule has 1 aromatic heterocycles. The molecular weight excluding hydrogens is 395 g/mol. The number of anilines is 3. The standard InChI is InChI=1S/C23H21FN6O/c24-19-13-16(27-14-18-17-3-1-2-4-20(17)28-23(18)31)5-6-21(19)29-9-11-30(12-10-29)22-15-25-7-8-26-22/h1-8,13-15,18H,9-12H2,(H,28,31). The minimum Gasteiger partial charge on any atom is -0.366 e. The number of halogens is 1. The largest absolute Gasteiger partial charge is 0.366 e. The number of aliphatic imine (C=N–C) groups is 1. The third kappa shape index (κ3) is 3.84. The number of hydrogen-bond donors (Lipinski definition) is 1. The Morgan fingerprint density at radius 2 is 1.87 bits per heavy atom. The first-order chi connectivity index (χ1) is 15.2. The minimum atomic E-state index is -0.465. The zero-order valence-corrected chi connectivity index (χ0v) is 16.8. The van der Waals surface area contributed by atoms with Gasteiger partial charge in [0.2, 0.25) is 5.91 Å². The summed E-state index contributed by atoms with van der Waals surface area (Å²) in [5, 5.41) is 2.84. The summed E-state index contributed by atoms with van der Waals surface area (Å²) in [6.45, 7) is 2.87. The van der Waals surface area contributed by atoms with E-state index in [1.807, 2.05) is 29.2 Å². The number of carbonyl (C=O) groups excluding carboxylic acids is 1. The third-order valence-electron chi connectivity index (χ3n) is 5.63. The van der Waals surface area contributed by atoms with Crippen molar-refractivity contribution in [3.05, 3.63) is 72.4 Å². The number of nitrogens with zero attached hydrogens (tertiary/aromatic N) is 5. The molecule has 0 aliphatic carbocycles. The fourth-order valence-electron chi connectivity index (χ4n) is 4.01. The van der Waals surface area contributed by atoms with Crippen LogP contribution in [0.25, 0.3) is 0 Å². The van der Waals surface area contributed by atoms with Gasteiger partial charge in [0.05, 0.1) is 17.6 Å². The maximum absolute atomic E-state index is 14.8. The molecule has 2 aliphatic rings. The molecule has 1 N–H and O–H groups in total. The van der Waals surface area contributed by atoms with Crippen molar-refractivity contribution < 1.29 is 9.18 Å². The first-order valence-corrected chi connectivity index (χ1v) is 10.2. The Bertz CT molecular complexity index is 1130. The number of hydrogen-bond acceptors (Lipinski definition) is 6. The van der Waals surface area contributed by atoms with Crippen molar-refractivity contribution in [2.45, 2.75) is 5.92 Å². The van der Waals surface area contributed by atoms with Crippen LogP contribution in [0.3, 0.4) is 0 Å². The molecule has 1 amide bonds. The van der Waals surface area contributed by atoms with Gasteiger partial charge in [-0.05, 0) is 23.8 Å². The summed E-state index contributed by atoms with van der Waals surface area (Å²) >= 11 is 0. The highest BCUT2D eigenvalue weighted by molar-refractivity contribution is 6.12. The van der Waals surface area contributed by atoms with Gasteiger partial charge in [-0.1, -0.05) is 18.2 Å². The quantitative estimate of drug-likeness (QED) is 0.660. The van der Waals surface area contributed by atoms with Crippen molar-refractivity contribution >= 4 is 35.0 Å². The van der Waals surface area contributed by atoms with Crippen molar-refractivity contribution in [2.75, 3.05) is 41.3 Å². The number of para-hydroxylation sites is 1. The molecule has 0 saturated carbocycles. The monoisotopic (exact) mass is 416 g/mol. The van der Waals surface area contributed by atoms with Crippen LogP contribution in [0, 0.1) is 5.82 Å². The molecular formula is C23H21FN6O. The molecule has 5 rings (SSSR count). The van der Waals surface area contributed by atoms with Gasteiger partial charge in [0.1, 0.15) is 17.6 Å². The van der Waals surface area contributed by atoms with Crippen LogP contribution >= 0.6 is 0 Å². The highest BCUT2D eigenvalue weighted by Crippen LogP contribution is 2.32. The van der Waals surface area contributed by atoms with Gasteiger partial charge in [-0.15, -0.1) is 0 Å². The maximum Gasteiger partial charge on any atom is 0.237 e. The second kappa shape index (κ2) is 8.14. The van der Waals surface area contributed by atoms with E-state index in [9.17, 15) is 9.18 Å². The van der Waals surface area contributed by atoms with E-state index >= 15 is 0 Å². The van der Waals surface area contributed by atoms with Crippen LogP contribution in [0.4, 0.5) is 27.3 Å². The number of amides is 1. The summed E-state index contributed by atoms with van der Waals surface area (Å²) in [4.78, 5) is 29.2. The van der Waals surface area contributed by atoms with Gasteiger partial charge >= 0.3 is 0 Å². The molecule has 156 valence electrons. The van der Waals surface area contributed by atoms with Crippen molar-refractivity contribution in [1.29, 1.82) is 0 Å². The first kappa shape index (κ1) is 19.2. The van der Waals surface area contributed by atoms with Crippen LogP contribution in [0.1, 0.15) is 11.5 Å². The Labute approximate surface area is 179 Å². The second-order valence-electron chi connectivity index (χ2n) is 7.51. The summed E-state index contributed by atoms with van der Waals surface area (Å²) in [6, 6.07) is 12.5. The normalized spacial score (nSPS) is 18.4. The number of benzene rings is 2. The van der Waals surface area contributed by atoms with Gasteiger partial charge in [-0.25, -0.2) is 9.37 Å². The van der Waals surface area contributed by atoms with Gasteiger partial charge in [0, 0.05) is 56.5 Å². The zero-order chi connectivity index (χ0) is 21.2. The Morgan fingerprint density at radius 1 is 1.06 bits per heavy atom. The molecule has 2 aromatic carbocycles. The SMILES string of the molecule is O=C1Nc2ccccc2C1C=Nc1ccc(N2CCN(c3cnccn3)CC2)c(F)c1. The molecule has 0 bridgehead atoms. The topological polar surface area (TPSA) is 73.7 Å². The molecule has 1 atom stereocenters. The maximum atomic E-state index is 14.8. The Hall–Kier alpha value is -3.81. The molecule has 1 unspecified atom stereocenters. The van der Waals surface area contributed by atoms with E-state index in [2.05, 4.69) is 25.2 Å². The molecule has 8 heteroatoms. The molecule has 3 aromatic rings. The van der Waals surface area contributed by atoms with Crippen molar-refractivity contribution in [1.82, 2.24) is 9.97 Å². The number of nitrogens with one attached hydrogen (secondary N) is 1. The predicted octanol–water partition coefficient (Wildman–Crippen LogP) is 3.38. The average molecular weight is 416 g/mol. The number of fused-ring (bicyclic) bond motifs is 1. The van der Waals surface area contributed by atoms with E-state index in [0.717, 1.165) is 30.2 Å². The highest BCUT2D eigenvalue weighted by atomic mass is 19.1. The predicted molar refractivity (Wildman–Crippen MR) is 119 cm³/mol. The second-order valence-corrected chi connectivity index (χ2v) is 7.51. The molecule has 1 saturated heterocycles. The third-order valence-corrected chi connectivity index (χ3v) is 5.63. The highest BCUT2D eigenvalue weighted by Gasteiger charge is 2.28. The van der Waals surface area contributed by atoms with Crippen LogP contribution in [-0.2, 0) is 4.79 Å². The Morgan fingerprint density at radius 3 is 2.65 bits per heavy atom. The van der Waals surface area contributed by atoms with E-state index in [0.29, 0.717) is 24.5 Å². The van der Waals surface area contributed by atoms with E-state index < -0.39 is 5.92 Å². The van der Waals surface area contributed by atoms with Crippen LogP contribution in [0.15, 0.2) is 66.0 Å². The molecule has 2 aliphatic heterocycles. The summed E-state index contributed by atoms with van der Waals surface area (Å²) in [6.07, 6.45) is 6.65. The first-order valence-electron chi connectivity index (χ1n) is 10.2. The van der Waals surface area contributed by atoms with Crippen molar-refractivity contribution in [3.8, 4) is 0 Å². The lowest BCUT2D eigenvalue weighted by molar-refractivity contribution is -0.115. The van der Waals surface area contributed by atoms with E-state index in [4.69, 9.17) is 0 Å². The smallest absolute Gasteiger partial charge is 0.237 e. The number of piperazine rings is 1. The Kier molecular flexibility index (Phi) is 5.03. The average Bonchev–Trinajstić information content (AvgIpc) is 3.13. The van der Waals surface area contributed by atoms with Crippen LogP contribution < -0.4 is 15.1 Å². The molecule has 7 nitrogen and oxygen atoms in total. The fraction of sp³-hybridized carbons (Fsp3) is 0.217. The lowest BCUT2D eigenvalue weighted by Crippen LogP contribution is -2.47. The molecule has 0 spiro atoms. The summed E-state index contributed by atoms with van der Waals surface area (Å²) in [7, 11) is 0. The molecule has 0 radical (unpaired) electrons. The van der Waals surface area contributed by atoms with Crippen LogP contribution in [0.5, 0.6) is 0 Å². The van der Waals surface area contributed by atoms with Crippen molar-refractivity contribution in [3.63, 3.8) is 0 Å². The van der Waals surface area contributed by atoms with Gasteiger partial charge in [0.25, 0.3) is 0 Å². The summed E-state index contributed by atoms with van der Waals surface area (Å²) < 4.78 is 14.8. The van der Waals surface area contributed by atoms with Crippen molar-refractivity contribution in [2.24, 2.45) is 4.99 Å². The summed E-state index contributed by atoms with van der Waals surface area (Å²) in [5.74, 6) is -0.0696. The number of rotatable bonds is 4. The van der Waals surface area contributed by atoms with E-state index in [1.54, 1.807) is 36.9 Å². The van der Waals surface area contributed by atoms with Gasteiger partial charge < -0.3 is 15.1 Å². The lowest BCUT2D eigenvalue weighted by Gasteiger charge is -2.36. The fourth-order valence-corrected chi connectivity index (χ4v) is 4.01. The van der Waals surface area contributed by atoms with Gasteiger partial charge in [0.15, 0.2) is 0 Å². The Balaban J connectivity index is 1.27. The van der Waals surface area contributed by atoms with Gasteiger partial charge in [-0.3, -0.25) is 14.8 Å². The molecule has 31 heavy (non-hydrogen) atoms. The van der Waals surface area contributed by atoms with Crippen LogP contribution in [-0.4, -0.2) is 48.3 Å². The lowest BCUT2D eigenvalue weighted by atomic mass is 10.0. The van der Waals surface area contributed by atoms with Gasteiger partial charge in [-0.2, -0.15) is 0 Å². The molecule has 3 heterocycles. The number of aromatic nitrogens is 2.